The topological polar surface area (TPSA) is 115 Å². The fourth-order valence-corrected chi connectivity index (χ4v) is 6.74. The van der Waals surface area contributed by atoms with Crippen LogP contribution in [0.4, 0.5) is 0 Å². The van der Waals surface area contributed by atoms with Crippen LogP contribution in [0.3, 0.4) is 0 Å². The molecule has 2 fully saturated rings. The van der Waals surface area contributed by atoms with Crippen LogP contribution in [0.2, 0.25) is 0 Å². The fourth-order valence-electron chi connectivity index (χ4n) is 4.69. The van der Waals surface area contributed by atoms with Gasteiger partial charge in [-0.1, -0.05) is 0 Å². The van der Waals surface area contributed by atoms with Crippen LogP contribution < -0.4 is 5.73 Å². The first-order valence-corrected chi connectivity index (χ1v) is 14.4. The Bertz CT molecular complexity index is 1410. The van der Waals surface area contributed by atoms with Crippen molar-refractivity contribution in [3.05, 3.63) is 41.0 Å². The maximum absolute atomic E-state index is 12.5. The molecule has 12 heteroatoms. The number of benzene rings is 1. The molecule has 4 heterocycles. The second kappa shape index (κ2) is 10.6. The van der Waals surface area contributed by atoms with Gasteiger partial charge in [-0.2, -0.15) is 9.61 Å². The van der Waals surface area contributed by atoms with Gasteiger partial charge in [0.25, 0.3) is 0 Å². The van der Waals surface area contributed by atoms with Gasteiger partial charge >= 0.3 is 0 Å². The van der Waals surface area contributed by atoms with Crippen LogP contribution in [0.1, 0.15) is 42.4 Å². The van der Waals surface area contributed by atoms with E-state index in [1.54, 1.807) is 0 Å². The Morgan fingerprint density at radius 1 is 1.19 bits per heavy atom. The minimum absolute atomic E-state index is 0.358. The number of aromatic nitrogens is 5. The van der Waals surface area contributed by atoms with Crippen LogP contribution in [0.25, 0.3) is 15.9 Å². The van der Waals surface area contributed by atoms with Crippen LogP contribution in [0.5, 0.6) is 0 Å². The Morgan fingerprint density at radius 2 is 2.03 bits per heavy atom. The molecule has 1 unspecified atom stereocenters. The zero-order valence-electron chi connectivity index (χ0n) is 20.7. The smallest absolute Gasteiger partial charge is 0.241 e. The number of rotatable bonds is 10. The molecule has 1 amide bonds. The van der Waals surface area contributed by atoms with Crippen molar-refractivity contribution >= 4 is 44.9 Å². The highest BCUT2D eigenvalue weighted by atomic mass is 32.2. The first-order chi connectivity index (χ1) is 18.1. The van der Waals surface area contributed by atoms with Gasteiger partial charge in [-0.15, -0.1) is 21.5 Å². The predicted octanol–water partition coefficient (Wildman–Crippen LogP) is 2.94. The first kappa shape index (κ1) is 24.7. The van der Waals surface area contributed by atoms with Crippen molar-refractivity contribution in [2.45, 2.75) is 41.8 Å². The number of ether oxygens (including phenoxy) is 1. The van der Waals surface area contributed by atoms with E-state index in [2.05, 4.69) is 32.1 Å². The molecule has 2 aliphatic rings. The zero-order valence-corrected chi connectivity index (χ0v) is 22.4. The molecule has 37 heavy (non-hydrogen) atoms. The maximum Gasteiger partial charge on any atom is 0.241 e. The number of hydrogen-bond donors (Lipinski definition) is 1. The molecule has 6 rings (SSSR count). The number of nitrogens with two attached hydrogens (primary N) is 1. The molecule has 1 saturated heterocycles. The van der Waals surface area contributed by atoms with E-state index in [1.807, 2.05) is 29.6 Å². The third kappa shape index (κ3) is 5.34. The average Bonchev–Trinajstić information content (AvgIpc) is 3.56. The highest BCUT2D eigenvalue weighted by molar-refractivity contribution is 7.99. The first-order valence-electron chi connectivity index (χ1n) is 12.7. The number of hydrogen-bond acceptors (Lipinski definition) is 10. The number of nitrogens with zero attached hydrogens (tertiary/aromatic N) is 7. The van der Waals surface area contributed by atoms with Crippen LogP contribution in [-0.2, 0) is 9.53 Å². The molecule has 1 saturated carbocycles. The lowest BCUT2D eigenvalue weighted by Crippen LogP contribution is -2.50. The normalized spacial score (nSPS) is 18.1. The van der Waals surface area contributed by atoms with Crippen molar-refractivity contribution in [2.24, 2.45) is 5.73 Å². The monoisotopic (exact) mass is 538 g/mol. The van der Waals surface area contributed by atoms with E-state index in [4.69, 9.17) is 20.6 Å². The van der Waals surface area contributed by atoms with E-state index < -0.39 is 6.04 Å². The SMILES string of the molecule is CCOCCN1CCN(C(C(N)=O)c2nc3ccc(Sc4nnc5ccc(C6CC6)nn45)cc3s2)CC1. The summed E-state index contributed by atoms with van der Waals surface area (Å²) in [6.45, 7) is 7.68. The summed E-state index contributed by atoms with van der Waals surface area (Å²) in [7, 11) is 0. The molecular formula is C25H30N8O2S2. The summed E-state index contributed by atoms with van der Waals surface area (Å²) in [6, 6.07) is 9.63. The van der Waals surface area contributed by atoms with Gasteiger partial charge < -0.3 is 10.5 Å². The average molecular weight is 539 g/mol. The largest absolute Gasteiger partial charge is 0.380 e. The lowest BCUT2D eigenvalue weighted by Gasteiger charge is -2.37. The van der Waals surface area contributed by atoms with Crippen LogP contribution in [-0.4, -0.2) is 86.4 Å². The van der Waals surface area contributed by atoms with E-state index in [-0.39, 0.29) is 5.91 Å². The van der Waals surface area contributed by atoms with Crippen molar-refractivity contribution in [3.63, 3.8) is 0 Å². The van der Waals surface area contributed by atoms with Gasteiger partial charge in [0, 0.05) is 50.1 Å². The second-order valence-corrected chi connectivity index (χ2v) is 11.6. The minimum atomic E-state index is -0.520. The Balaban J connectivity index is 1.19. The van der Waals surface area contributed by atoms with Gasteiger partial charge in [0.15, 0.2) is 5.65 Å². The van der Waals surface area contributed by atoms with Gasteiger partial charge in [-0.05, 0) is 61.9 Å². The predicted molar refractivity (Wildman–Crippen MR) is 143 cm³/mol. The molecule has 4 aromatic rings. The lowest BCUT2D eigenvalue weighted by atomic mass is 10.2. The summed E-state index contributed by atoms with van der Waals surface area (Å²) in [5, 5.41) is 14.9. The molecule has 0 bridgehead atoms. The second-order valence-electron chi connectivity index (χ2n) is 9.45. The molecule has 194 valence electrons. The van der Waals surface area contributed by atoms with Crippen LogP contribution in [0.15, 0.2) is 40.4 Å². The van der Waals surface area contributed by atoms with E-state index in [9.17, 15) is 4.79 Å². The molecule has 0 spiro atoms. The lowest BCUT2D eigenvalue weighted by molar-refractivity contribution is -0.124. The van der Waals surface area contributed by atoms with E-state index in [1.165, 1.54) is 35.9 Å². The summed E-state index contributed by atoms with van der Waals surface area (Å²) in [6.07, 6.45) is 2.40. The molecule has 3 aromatic heterocycles. The van der Waals surface area contributed by atoms with Crippen LogP contribution in [0, 0.1) is 0 Å². The van der Waals surface area contributed by atoms with Gasteiger partial charge in [-0.25, -0.2) is 4.98 Å². The summed E-state index contributed by atoms with van der Waals surface area (Å²) in [4.78, 5) is 22.9. The molecule has 1 aliphatic heterocycles. The Kier molecular flexibility index (Phi) is 7.08. The summed E-state index contributed by atoms with van der Waals surface area (Å²) in [5.74, 6) is 0.205. The number of piperazine rings is 1. The number of thiazole rings is 1. The zero-order chi connectivity index (χ0) is 25.4. The molecule has 1 atom stereocenters. The van der Waals surface area contributed by atoms with E-state index in [0.717, 1.165) is 82.6 Å². The molecule has 2 N–H and O–H groups in total. The van der Waals surface area contributed by atoms with Gasteiger partial charge in [0.2, 0.25) is 11.1 Å². The number of amides is 1. The fraction of sp³-hybridized carbons (Fsp3) is 0.480. The number of carbonyl (C=O) groups excluding carboxylic acids is 1. The van der Waals surface area contributed by atoms with Gasteiger partial charge in [-0.3, -0.25) is 14.6 Å². The van der Waals surface area contributed by atoms with E-state index >= 15 is 0 Å². The summed E-state index contributed by atoms with van der Waals surface area (Å²) >= 11 is 3.06. The van der Waals surface area contributed by atoms with Crippen molar-refractivity contribution < 1.29 is 9.53 Å². The maximum atomic E-state index is 12.5. The van der Waals surface area contributed by atoms with Crippen molar-refractivity contribution in [1.82, 2.24) is 34.6 Å². The highest BCUT2D eigenvalue weighted by Crippen LogP contribution is 2.39. The van der Waals surface area contributed by atoms with Gasteiger partial charge in [0.05, 0.1) is 22.5 Å². The molecule has 1 aliphatic carbocycles. The molecular weight excluding hydrogens is 508 g/mol. The Morgan fingerprint density at radius 3 is 2.78 bits per heavy atom. The molecule has 0 radical (unpaired) electrons. The standard InChI is InChI=1S/C25H30N8O2S2/c1-2-35-14-13-31-9-11-32(12-10-31)22(23(26)34)24-27-19-6-5-17(15-20(19)37-24)36-25-29-28-21-8-7-18(16-3-4-16)30-33(21)25/h5-8,15-16,22H,2-4,9-14H2,1H3,(H2,26,34). The van der Waals surface area contributed by atoms with Gasteiger partial charge in [0.1, 0.15) is 11.0 Å². The molecule has 1 aromatic carbocycles. The third-order valence-electron chi connectivity index (χ3n) is 6.87. The van der Waals surface area contributed by atoms with E-state index in [0.29, 0.717) is 5.92 Å². The minimum Gasteiger partial charge on any atom is -0.380 e. The summed E-state index contributed by atoms with van der Waals surface area (Å²) in [5.41, 5.74) is 8.60. The van der Waals surface area contributed by atoms with Crippen molar-refractivity contribution in [3.8, 4) is 0 Å². The summed E-state index contributed by atoms with van der Waals surface area (Å²) < 4.78 is 8.33. The molecule has 10 nitrogen and oxygen atoms in total. The van der Waals surface area contributed by atoms with Crippen molar-refractivity contribution in [1.29, 1.82) is 0 Å². The Hall–Kier alpha value is -2.64. The quantitative estimate of drug-likeness (QED) is 0.304. The van der Waals surface area contributed by atoms with Crippen molar-refractivity contribution in [2.75, 3.05) is 45.9 Å². The van der Waals surface area contributed by atoms with Crippen LogP contribution >= 0.6 is 23.1 Å². The third-order valence-corrected chi connectivity index (χ3v) is 8.86. The number of primary amides is 1. The highest BCUT2D eigenvalue weighted by Gasteiger charge is 2.31. The number of fused-ring (bicyclic) bond motifs is 2. The number of carbonyl (C=O) groups is 1. The Labute approximate surface area is 223 Å².